The van der Waals surface area contributed by atoms with E-state index in [9.17, 15) is 4.79 Å². The minimum Gasteiger partial charge on any atom is -0.359 e. The van der Waals surface area contributed by atoms with Crippen molar-refractivity contribution in [3.05, 3.63) is 22.7 Å². The van der Waals surface area contributed by atoms with Gasteiger partial charge >= 0.3 is 0 Å². The Bertz CT molecular complexity index is 384. The highest BCUT2D eigenvalue weighted by Gasteiger charge is 2.15. The van der Waals surface area contributed by atoms with Gasteiger partial charge in [0.2, 0.25) is 0 Å². The summed E-state index contributed by atoms with van der Waals surface area (Å²) in [5.41, 5.74) is -0.0952. The fourth-order valence-corrected chi connectivity index (χ4v) is 2.11. The zero-order chi connectivity index (χ0) is 11.4. The van der Waals surface area contributed by atoms with E-state index >= 15 is 0 Å². The molecule has 5 heteroatoms. The molecular weight excluding hydrogens is 204 g/mol. The molecule has 1 aromatic rings. The third-order valence-electron chi connectivity index (χ3n) is 3.05. The normalized spacial score (nSPS) is 17.3. The smallest absolute Gasteiger partial charge is 0.252 e. The number of hydrogen-bond acceptors (Lipinski definition) is 4. The van der Waals surface area contributed by atoms with Crippen LogP contribution < -0.4 is 15.8 Å². The number of H-pyrrole nitrogens is 1. The molecule has 1 saturated heterocycles. The van der Waals surface area contributed by atoms with Gasteiger partial charge in [0, 0.05) is 19.7 Å². The molecular formula is C11H18N4O. The average molecular weight is 222 g/mol. The van der Waals surface area contributed by atoms with Crippen molar-refractivity contribution in [2.75, 3.05) is 31.6 Å². The highest BCUT2D eigenvalue weighted by molar-refractivity contribution is 5.35. The van der Waals surface area contributed by atoms with E-state index in [1.807, 2.05) is 7.05 Å². The van der Waals surface area contributed by atoms with Crippen LogP contribution in [0.4, 0.5) is 5.82 Å². The number of nitrogens with zero attached hydrogens (tertiary/aromatic N) is 2. The minimum absolute atomic E-state index is 0.0952. The first-order valence-corrected chi connectivity index (χ1v) is 5.72. The summed E-state index contributed by atoms with van der Waals surface area (Å²) >= 11 is 0. The molecule has 0 atom stereocenters. The van der Waals surface area contributed by atoms with Gasteiger partial charge in [0.15, 0.2) is 0 Å². The van der Waals surface area contributed by atoms with E-state index in [1.54, 1.807) is 6.07 Å². The van der Waals surface area contributed by atoms with Gasteiger partial charge in [-0.25, -0.2) is 4.98 Å². The molecule has 88 valence electrons. The fraction of sp³-hybridized carbons (Fsp3) is 0.636. The van der Waals surface area contributed by atoms with E-state index < -0.39 is 0 Å². The molecule has 0 radical (unpaired) electrons. The quantitative estimate of drug-likeness (QED) is 0.767. The monoisotopic (exact) mass is 222 g/mol. The second kappa shape index (κ2) is 5.12. The molecule has 0 unspecified atom stereocenters. The van der Waals surface area contributed by atoms with E-state index in [1.165, 1.54) is 19.2 Å². The molecule has 1 aromatic heterocycles. The van der Waals surface area contributed by atoms with Gasteiger partial charge in [0.05, 0.1) is 6.33 Å². The van der Waals surface area contributed by atoms with Crippen molar-refractivity contribution in [1.82, 2.24) is 15.3 Å². The maximum atomic E-state index is 11.2. The number of nitrogens with one attached hydrogen (secondary N) is 2. The summed E-state index contributed by atoms with van der Waals surface area (Å²) in [6.07, 6.45) is 3.86. The van der Waals surface area contributed by atoms with E-state index in [2.05, 4.69) is 20.2 Å². The van der Waals surface area contributed by atoms with Crippen LogP contribution in [0.3, 0.4) is 0 Å². The van der Waals surface area contributed by atoms with Gasteiger partial charge in [0.25, 0.3) is 5.56 Å². The van der Waals surface area contributed by atoms with Crippen LogP contribution in [-0.4, -0.2) is 36.6 Å². The Balaban J connectivity index is 1.96. The molecule has 2 heterocycles. The first kappa shape index (κ1) is 11.1. The van der Waals surface area contributed by atoms with Gasteiger partial charge in [-0.15, -0.1) is 0 Å². The zero-order valence-corrected chi connectivity index (χ0v) is 9.57. The number of piperidine rings is 1. The predicted molar refractivity (Wildman–Crippen MR) is 63.7 cm³/mol. The Morgan fingerprint density at radius 1 is 1.50 bits per heavy atom. The average Bonchev–Trinajstić information content (AvgIpc) is 2.30. The van der Waals surface area contributed by atoms with Gasteiger partial charge < -0.3 is 15.2 Å². The summed E-state index contributed by atoms with van der Waals surface area (Å²) in [5.74, 6) is 1.45. The van der Waals surface area contributed by atoms with Crippen LogP contribution in [0.1, 0.15) is 12.8 Å². The maximum Gasteiger partial charge on any atom is 0.252 e. The molecule has 1 aliphatic heterocycles. The number of rotatable bonds is 3. The lowest BCUT2D eigenvalue weighted by Crippen LogP contribution is -2.35. The number of aromatic amines is 1. The number of aromatic nitrogens is 2. The summed E-state index contributed by atoms with van der Waals surface area (Å²) in [6.45, 7) is 3.17. The largest absolute Gasteiger partial charge is 0.359 e. The minimum atomic E-state index is -0.0952. The first-order chi connectivity index (χ1) is 7.75. The van der Waals surface area contributed by atoms with E-state index in [0.29, 0.717) is 5.92 Å². The first-order valence-electron chi connectivity index (χ1n) is 5.72. The Morgan fingerprint density at radius 3 is 2.94 bits per heavy atom. The van der Waals surface area contributed by atoms with E-state index in [0.717, 1.165) is 25.5 Å². The summed E-state index contributed by atoms with van der Waals surface area (Å²) in [5, 5.41) is 3.35. The van der Waals surface area contributed by atoms with Crippen LogP contribution in [0.2, 0.25) is 0 Å². The van der Waals surface area contributed by atoms with Crippen LogP contribution in [0.25, 0.3) is 0 Å². The topological polar surface area (TPSA) is 61.0 Å². The Morgan fingerprint density at radius 2 is 2.25 bits per heavy atom. The second-order valence-electron chi connectivity index (χ2n) is 4.34. The zero-order valence-electron chi connectivity index (χ0n) is 9.57. The standard InChI is InChI=1S/C11H18N4O/c1-15(7-9-2-4-12-5-3-9)10-6-11(16)14-8-13-10/h6,8-9,12H,2-5,7H2,1H3,(H,13,14,16). The van der Waals surface area contributed by atoms with Crippen molar-refractivity contribution < 1.29 is 0 Å². The molecule has 2 rings (SSSR count). The number of anilines is 1. The lowest BCUT2D eigenvalue weighted by Gasteiger charge is -2.27. The Kier molecular flexibility index (Phi) is 3.56. The van der Waals surface area contributed by atoms with Gasteiger partial charge in [-0.1, -0.05) is 0 Å². The highest BCUT2D eigenvalue weighted by Crippen LogP contribution is 2.15. The van der Waals surface area contributed by atoms with Crippen molar-refractivity contribution in [1.29, 1.82) is 0 Å². The van der Waals surface area contributed by atoms with Crippen molar-refractivity contribution in [2.24, 2.45) is 5.92 Å². The number of hydrogen-bond donors (Lipinski definition) is 2. The van der Waals surface area contributed by atoms with Crippen molar-refractivity contribution >= 4 is 5.82 Å². The fourth-order valence-electron chi connectivity index (χ4n) is 2.11. The van der Waals surface area contributed by atoms with Gasteiger partial charge in [-0.2, -0.15) is 0 Å². The molecule has 1 aliphatic rings. The molecule has 0 aliphatic carbocycles. The van der Waals surface area contributed by atoms with Gasteiger partial charge in [0.1, 0.15) is 5.82 Å². The van der Waals surface area contributed by atoms with Crippen molar-refractivity contribution in [2.45, 2.75) is 12.8 Å². The molecule has 0 saturated carbocycles. The molecule has 0 bridgehead atoms. The summed E-state index contributed by atoms with van der Waals surface area (Å²) in [4.78, 5) is 19.9. The third-order valence-corrected chi connectivity index (χ3v) is 3.05. The maximum absolute atomic E-state index is 11.2. The second-order valence-corrected chi connectivity index (χ2v) is 4.34. The van der Waals surface area contributed by atoms with Crippen LogP contribution >= 0.6 is 0 Å². The van der Waals surface area contributed by atoms with Crippen LogP contribution in [-0.2, 0) is 0 Å². The van der Waals surface area contributed by atoms with E-state index in [-0.39, 0.29) is 5.56 Å². The molecule has 0 amide bonds. The van der Waals surface area contributed by atoms with Gasteiger partial charge in [-0.3, -0.25) is 4.79 Å². The lowest BCUT2D eigenvalue weighted by atomic mass is 9.98. The van der Waals surface area contributed by atoms with Crippen LogP contribution in [0, 0.1) is 5.92 Å². The van der Waals surface area contributed by atoms with Crippen molar-refractivity contribution in [3.63, 3.8) is 0 Å². The molecule has 16 heavy (non-hydrogen) atoms. The molecule has 0 spiro atoms. The molecule has 0 aromatic carbocycles. The summed E-state index contributed by atoms with van der Waals surface area (Å²) in [7, 11) is 1.99. The van der Waals surface area contributed by atoms with Crippen LogP contribution in [0.15, 0.2) is 17.2 Å². The summed E-state index contributed by atoms with van der Waals surface area (Å²) < 4.78 is 0. The Hall–Kier alpha value is -1.36. The highest BCUT2D eigenvalue weighted by atomic mass is 16.1. The van der Waals surface area contributed by atoms with Crippen LogP contribution in [0.5, 0.6) is 0 Å². The third kappa shape index (κ3) is 2.82. The Labute approximate surface area is 94.9 Å². The molecule has 2 N–H and O–H groups in total. The molecule has 1 fully saturated rings. The van der Waals surface area contributed by atoms with Crippen molar-refractivity contribution in [3.8, 4) is 0 Å². The SMILES string of the molecule is CN(CC1CCNCC1)c1cc(=O)[nH]cn1. The summed E-state index contributed by atoms with van der Waals surface area (Å²) in [6, 6.07) is 1.54. The van der Waals surface area contributed by atoms with E-state index in [4.69, 9.17) is 0 Å². The molecule has 5 nitrogen and oxygen atoms in total. The predicted octanol–water partition coefficient (Wildman–Crippen LogP) is 0.206. The van der Waals surface area contributed by atoms with Gasteiger partial charge in [-0.05, 0) is 31.8 Å². The lowest BCUT2D eigenvalue weighted by molar-refractivity contribution is 0.377.